The van der Waals surface area contributed by atoms with Crippen LogP contribution in [0.1, 0.15) is 18.1 Å². The Morgan fingerprint density at radius 3 is 2.75 bits per heavy atom. The van der Waals surface area contributed by atoms with Gasteiger partial charge in [-0.2, -0.15) is 0 Å². The quantitative estimate of drug-likeness (QED) is 0.772. The van der Waals surface area contributed by atoms with E-state index in [2.05, 4.69) is 41.1 Å². The van der Waals surface area contributed by atoms with Crippen molar-refractivity contribution in [3.8, 4) is 0 Å². The van der Waals surface area contributed by atoms with Crippen molar-refractivity contribution in [2.24, 2.45) is 0 Å². The van der Waals surface area contributed by atoms with E-state index in [1.54, 1.807) is 0 Å². The Balaban J connectivity index is 2.69. The monoisotopic (exact) mass is 228 g/mol. The Morgan fingerprint density at radius 1 is 1.42 bits per heavy atom. The van der Waals surface area contributed by atoms with Crippen molar-refractivity contribution in [1.82, 2.24) is 0 Å². The number of rotatable bonds is 3. The minimum absolute atomic E-state index is 0.704. The molecular weight excluding hydrogens is 216 g/mol. The highest BCUT2D eigenvalue weighted by Gasteiger charge is 1.96. The molecule has 0 amide bonds. The highest BCUT2D eigenvalue weighted by molar-refractivity contribution is 9.10. The van der Waals surface area contributed by atoms with E-state index >= 15 is 0 Å². The molecule has 2 heteroatoms. The summed E-state index contributed by atoms with van der Waals surface area (Å²) in [5.41, 5.74) is 2.48. The maximum absolute atomic E-state index is 5.29. The number of benzene rings is 1. The second-order valence-electron chi connectivity index (χ2n) is 2.72. The SMILES string of the molecule is CCOCc1ccc(C)c(Br)c1. The minimum Gasteiger partial charge on any atom is -0.377 e. The molecule has 0 saturated carbocycles. The molecule has 0 aliphatic heterocycles. The summed E-state index contributed by atoms with van der Waals surface area (Å²) in [4.78, 5) is 0. The smallest absolute Gasteiger partial charge is 0.0717 e. The molecule has 0 aliphatic carbocycles. The molecule has 0 aromatic heterocycles. The summed E-state index contributed by atoms with van der Waals surface area (Å²) in [7, 11) is 0. The van der Waals surface area contributed by atoms with Gasteiger partial charge >= 0.3 is 0 Å². The van der Waals surface area contributed by atoms with Gasteiger partial charge < -0.3 is 4.74 Å². The van der Waals surface area contributed by atoms with Crippen molar-refractivity contribution in [3.63, 3.8) is 0 Å². The maximum Gasteiger partial charge on any atom is 0.0717 e. The van der Waals surface area contributed by atoms with Crippen molar-refractivity contribution in [1.29, 1.82) is 0 Å². The maximum atomic E-state index is 5.29. The molecular formula is C10H13BrO. The fourth-order valence-corrected chi connectivity index (χ4v) is 1.37. The van der Waals surface area contributed by atoms with Gasteiger partial charge in [-0.3, -0.25) is 0 Å². The first-order valence-electron chi connectivity index (χ1n) is 4.07. The molecule has 0 bridgehead atoms. The molecule has 0 N–H and O–H groups in total. The molecule has 1 aromatic carbocycles. The molecule has 0 radical (unpaired) electrons. The number of aryl methyl sites for hydroxylation is 1. The van der Waals surface area contributed by atoms with Gasteiger partial charge in [0.05, 0.1) is 6.61 Å². The lowest BCUT2D eigenvalue weighted by Gasteiger charge is -2.03. The number of ether oxygens (including phenoxy) is 1. The van der Waals surface area contributed by atoms with E-state index in [-0.39, 0.29) is 0 Å². The Hall–Kier alpha value is -0.340. The van der Waals surface area contributed by atoms with Gasteiger partial charge in [0.25, 0.3) is 0 Å². The summed E-state index contributed by atoms with van der Waals surface area (Å²) in [6.07, 6.45) is 0. The van der Waals surface area contributed by atoms with Crippen LogP contribution in [0, 0.1) is 6.92 Å². The summed E-state index contributed by atoms with van der Waals surface area (Å²) < 4.78 is 6.45. The predicted molar refractivity (Wildman–Crippen MR) is 54.2 cm³/mol. The Labute approximate surface area is 81.9 Å². The summed E-state index contributed by atoms with van der Waals surface area (Å²) >= 11 is 3.48. The third-order valence-electron chi connectivity index (χ3n) is 1.71. The van der Waals surface area contributed by atoms with Crippen LogP contribution in [0.4, 0.5) is 0 Å². The molecule has 0 heterocycles. The van der Waals surface area contributed by atoms with Crippen LogP contribution in [0.15, 0.2) is 22.7 Å². The molecule has 0 unspecified atom stereocenters. The Bertz CT molecular complexity index is 258. The van der Waals surface area contributed by atoms with E-state index in [0.717, 1.165) is 11.1 Å². The van der Waals surface area contributed by atoms with Gasteiger partial charge in [0.2, 0.25) is 0 Å². The molecule has 0 aliphatic rings. The van der Waals surface area contributed by atoms with Crippen LogP contribution in [0.25, 0.3) is 0 Å². The first kappa shape index (κ1) is 9.75. The lowest BCUT2D eigenvalue weighted by molar-refractivity contribution is 0.134. The van der Waals surface area contributed by atoms with Crippen molar-refractivity contribution in [3.05, 3.63) is 33.8 Å². The molecule has 0 spiro atoms. The second-order valence-corrected chi connectivity index (χ2v) is 3.58. The van der Waals surface area contributed by atoms with Crippen molar-refractivity contribution in [2.75, 3.05) is 6.61 Å². The molecule has 1 aromatic rings. The molecule has 0 fully saturated rings. The van der Waals surface area contributed by atoms with E-state index in [4.69, 9.17) is 4.74 Å². The van der Waals surface area contributed by atoms with Gasteiger partial charge in [-0.15, -0.1) is 0 Å². The van der Waals surface area contributed by atoms with E-state index in [1.807, 2.05) is 6.92 Å². The van der Waals surface area contributed by atoms with E-state index < -0.39 is 0 Å². The van der Waals surface area contributed by atoms with Gasteiger partial charge in [-0.05, 0) is 31.0 Å². The first-order valence-corrected chi connectivity index (χ1v) is 4.86. The molecule has 1 nitrogen and oxygen atoms in total. The van der Waals surface area contributed by atoms with Gasteiger partial charge in [0.1, 0.15) is 0 Å². The van der Waals surface area contributed by atoms with E-state index in [0.29, 0.717) is 6.61 Å². The minimum atomic E-state index is 0.704. The zero-order chi connectivity index (χ0) is 8.97. The zero-order valence-corrected chi connectivity index (χ0v) is 9.02. The van der Waals surface area contributed by atoms with Gasteiger partial charge in [-0.25, -0.2) is 0 Å². The van der Waals surface area contributed by atoms with E-state index in [9.17, 15) is 0 Å². The Morgan fingerprint density at radius 2 is 2.17 bits per heavy atom. The van der Waals surface area contributed by atoms with E-state index in [1.165, 1.54) is 11.1 Å². The van der Waals surface area contributed by atoms with Gasteiger partial charge in [0.15, 0.2) is 0 Å². The van der Waals surface area contributed by atoms with Crippen LogP contribution in [0.3, 0.4) is 0 Å². The average Bonchev–Trinajstić information content (AvgIpc) is 2.07. The van der Waals surface area contributed by atoms with Crippen molar-refractivity contribution in [2.45, 2.75) is 20.5 Å². The largest absolute Gasteiger partial charge is 0.377 e. The van der Waals surface area contributed by atoms with Crippen molar-refractivity contribution < 1.29 is 4.74 Å². The molecule has 0 atom stereocenters. The van der Waals surface area contributed by atoms with Crippen LogP contribution >= 0.6 is 15.9 Å². The van der Waals surface area contributed by atoms with Gasteiger partial charge in [0, 0.05) is 11.1 Å². The number of hydrogen-bond donors (Lipinski definition) is 0. The number of hydrogen-bond acceptors (Lipinski definition) is 1. The number of halogens is 1. The fraction of sp³-hybridized carbons (Fsp3) is 0.400. The summed E-state index contributed by atoms with van der Waals surface area (Å²) in [6.45, 7) is 5.55. The molecule has 66 valence electrons. The van der Waals surface area contributed by atoms with Crippen molar-refractivity contribution >= 4 is 15.9 Å². The average molecular weight is 229 g/mol. The predicted octanol–water partition coefficient (Wildman–Crippen LogP) is 3.29. The molecule has 0 saturated heterocycles. The lowest BCUT2D eigenvalue weighted by atomic mass is 10.2. The fourth-order valence-electron chi connectivity index (χ4n) is 0.946. The third kappa shape index (κ3) is 2.61. The normalized spacial score (nSPS) is 10.2. The summed E-state index contributed by atoms with van der Waals surface area (Å²) in [5, 5.41) is 0. The van der Waals surface area contributed by atoms with Crippen LogP contribution in [-0.2, 0) is 11.3 Å². The Kier molecular flexibility index (Phi) is 3.76. The summed E-state index contributed by atoms with van der Waals surface area (Å²) in [6, 6.07) is 6.29. The molecule has 1 rings (SSSR count). The highest BCUT2D eigenvalue weighted by atomic mass is 79.9. The van der Waals surface area contributed by atoms with Crippen LogP contribution in [0.5, 0.6) is 0 Å². The van der Waals surface area contributed by atoms with Crippen LogP contribution in [0.2, 0.25) is 0 Å². The van der Waals surface area contributed by atoms with Crippen LogP contribution in [-0.4, -0.2) is 6.61 Å². The second kappa shape index (κ2) is 4.63. The lowest BCUT2D eigenvalue weighted by Crippen LogP contribution is -1.91. The third-order valence-corrected chi connectivity index (χ3v) is 2.56. The highest BCUT2D eigenvalue weighted by Crippen LogP contribution is 2.17. The standard InChI is InChI=1S/C10H13BrO/c1-3-12-7-9-5-4-8(2)10(11)6-9/h4-6H,3,7H2,1-2H3. The van der Waals surface area contributed by atoms with Gasteiger partial charge in [-0.1, -0.05) is 28.1 Å². The zero-order valence-electron chi connectivity index (χ0n) is 7.43. The molecule has 12 heavy (non-hydrogen) atoms. The topological polar surface area (TPSA) is 9.23 Å². The summed E-state index contributed by atoms with van der Waals surface area (Å²) in [5.74, 6) is 0. The van der Waals surface area contributed by atoms with Crippen LogP contribution < -0.4 is 0 Å². The first-order chi connectivity index (χ1) is 5.74.